The summed E-state index contributed by atoms with van der Waals surface area (Å²) >= 11 is 0. The highest BCUT2D eigenvalue weighted by atomic mass is 16.5. The average Bonchev–Trinajstić information content (AvgIpc) is 2.60. The van der Waals surface area contributed by atoms with Crippen LogP contribution in [0.2, 0.25) is 0 Å². The standard InChI is InChI=1S/C10H12N4O/c1-7-12-13-10(14(7)2)8-5-4-6-9(11-8)15-3/h4-6H,1-3H3. The lowest BCUT2D eigenvalue weighted by atomic mass is 10.3. The van der Waals surface area contributed by atoms with Gasteiger partial charge in [0.2, 0.25) is 5.88 Å². The zero-order chi connectivity index (χ0) is 10.8. The number of pyridine rings is 1. The molecule has 0 aromatic carbocycles. The molecule has 2 aromatic rings. The van der Waals surface area contributed by atoms with E-state index in [1.54, 1.807) is 13.2 Å². The van der Waals surface area contributed by atoms with Crippen molar-refractivity contribution < 1.29 is 4.74 Å². The molecule has 0 aliphatic heterocycles. The average molecular weight is 204 g/mol. The van der Waals surface area contributed by atoms with E-state index in [4.69, 9.17) is 4.74 Å². The van der Waals surface area contributed by atoms with E-state index in [2.05, 4.69) is 15.2 Å². The van der Waals surface area contributed by atoms with E-state index in [0.717, 1.165) is 17.3 Å². The molecule has 0 unspecified atom stereocenters. The topological polar surface area (TPSA) is 52.8 Å². The van der Waals surface area contributed by atoms with Gasteiger partial charge in [0, 0.05) is 13.1 Å². The van der Waals surface area contributed by atoms with Gasteiger partial charge >= 0.3 is 0 Å². The van der Waals surface area contributed by atoms with Crippen molar-refractivity contribution in [2.24, 2.45) is 7.05 Å². The Morgan fingerprint density at radius 3 is 2.67 bits per heavy atom. The van der Waals surface area contributed by atoms with Gasteiger partial charge in [-0.15, -0.1) is 10.2 Å². The first-order valence-electron chi connectivity index (χ1n) is 4.60. The van der Waals surface area contributed by atoms with Gasteiger partial charge in [-0.25, -0.2) is 4.98 Å². The van der Waals surface area contributed by atoms with Crippen LogP contribution in [0.15, 0.2) is 18.2 Å². The molecule has 0 atom stereocenters. The number of hydrogen-bond acceptors (Lipinski definition) is 4. The lowest BCUT2D eigenvalue weighted by Crippen LogP contribution is -1.97. The Hall–Kier alpha value is -1.91. The lowest BCUT2D eigenvalue weighted by Gasteiger charge is -2.02. The van der Waals surface area contributed by atoms with Crippen molar-refractivity contribution in [2.75, 3.05) is 7.11 Å². The maximum atomic E-state index is 5.05. The van der Waals surface area contributed by atoms with Gasteiger partial charge < -0.3 is 9.30 Å². The molecule has 78 valence electrons. The minimum atomic E-state index is 0.577. The predicted molar refractivity (Wildman–Crippen MR) is 55.5 cm³/mol. The number of nitrogens with zero attached hydrogens (tertiary/aromatic N) is 4. The molecule has 0 bridgehead atoms. The first kappa shape index (κ1) is 9.64. The van der Waals surface area contributed by atoms with Crippen LogP contribution in [0.25, 0.3) is 11.5 Å². The van der Waals surface area contributed by atoms with E-state index in [1.807, 2.05) is 30.7 Å². The van der Waals surface area contributed by atoms with Crippen LogP contribution in [0.5, 0.6) is 5.88 Å². The van der Waals surface area contributed by atoms with Crippen molar-refractivity contribution in [3.05, 3.63) is 24.0 Å². The summed E-state index contributed by atoms with van der Waals surface area (Å²) < 4.78 is 6.95. The quantitative estimate of drug-likeness (QED) is 0.737. The number of rotatable bonds is 2. The maximum absolute atomic E-state index is 5.05. The van der Waals surface area contributed by atoms with Gasteiger partial charge in [-0.2, -0.15) is 0 Å². The normalized spacial score (nSPS) is 10.3. The molecule has 0 radical (unpaired) electrons. The molecule has 0 aliphatic rings. The van der Waals surface area contributed by atoms with Gasteiger partial charge in [0.05, 0.1) is 7.11 Å². The van der Waals surface area contributed by atoms with E-state index in [1.165, 1.54) is 0 Å². The second-order valence-corrected chi connectivity index (χ2v) is 3.20. The SMILES string of the molecule is COc1cccc(-c2nnc(C)n2C)n1. The molecule has 5 heteroatoms. The van der Waals surface area contributed by atoms with Crippen LogP contribution in [0.4, 0.5) is 0 Å². The van der Waals surface area contributed by atoms with Crippen molar-refractivity contribution >= 4 is 0 Å². The van der Waals surface area contributed by atoms with Crippen LogP contribution in [0.3, 0.4) is 0 Å². The number of methoxy groups -OCH3 is 1. The van der Waals surface area contributed by atoms with Gasteiger partial charge in [-0.1, -0.05) is 6.07 Å². The molecular formula is C10H12N4O. The highest BCUT2D eigenvalue weighted by Gasteiger charge is 2.09. The zero-order valence-corrected chi connectivity index (χ0v) is 8.93. The molecule has 2 aromatic heterocycles. The molecule has 2 rings (SSSR count). The third-order valence-corrected chi connectivity index (χ3v) is 2.25. The highest BCUT2D eigenvalue weighted by molar-refractivity contribution is 5.50. The fourth-order valence-corrected chi connectivity index (χ4v) is 1.28. The molecule has 0 amide bonds. The van der Waals surface area contributed by atoms with Crippen LogP contribution < -0.4 is 4.74 Å². The Kier molecular flexibility index (Phi) is 2.37. The Labute approximate surface area is 87.7 Å². The van der Waals surface area contributed by atoms with Crippen molar-refractivity contribution in [1.29, 1.82) is 0 Å². The molecule has 0 saturated carbocycles. The van der Waals surface area contributed by atoms with Crippen molar-refractivity contribution in [3.8, 4) is 17.4 Å². The highest BCUT2D eigenvalue weighted by Crippen LogP contribution is 2.17. The minimum Gasteiger partial charge on any atom is -0.481 e. The van der Waals surface area contributed by atoms with Crippen LogP contribution in [0, 0.1) is 6.92 Å². The van der Waals surface area contributed by atoms with Crippen LogP contribution >= 0.6 is 0 Å². The van der Waals surface area contributed by atoms with Crippen molar-refractivity contribution in [3.63, 3.8) is 0 Å². The third kappa shape index (κ3) is 1.68. The van der Waals surface area contributed by atoms with Crippen LogP contribution in [-0.2, 0) is 7.05 Å². The Balaban J connectivity index is 2.49. The molecule has 0 spiro atoms. The first-order valence-corrected chi connectivity index (χ1v) is 4.60. The number of aromatic nitrogens is 4. The van der Waals surface area contributed by atoms with Gasteiger partial charge in [0.25, 0.3) is 0 Å². The fourth-order valence-electron chi connectivity index (χ4n) is 1.28. The molecule has 0 fully saturated rings. The zero-order valence-electron chi connectivity index (χ0n) is 8.93. The van der Waals surface area contributed by atoms with E-state index in [0.29, 0.717) is 5.88 Å². The minimum absolute atomic E-state index is 0.577. The molecule has 0 N–H and O–H groups in total. The maximum Gasteiger partial charge on any atom is 0.213 e. The molecule has 2 heterocycles. The third-order valence-electron chi connectivity index (χ3n) is 2.25. The smallest absolute Gasteiger partial charge is 0.213 e. The molecular weight excluding hydrogens is 192 g/mol. The van der Waals surface area contributed by atoms with Crippen molar-refractivity contribution in [2.45, 2.75) is 6.92 Å². The molecule has 5 nitrogen and oxygen atoms in total. The van der Waals surface area contributed by atoms with Gasteiger partial charge in [0.15, 0.2) is 5.82 Å². The summed E-state index contributed by atoms with van der Waals surface area (Å²) in [5.74, 6) is 2.18. The Morgan fingerprint density at radius 1 is 1.27 bits per heavy atom. The molecule has 0 saturated heterocycles. The molecule has 15 heavy (non-hydrogen) atoms. The number of aryl methyl sites for hydroxylation is 1. The van der Waals surface area contributed by atoms with E-state index >= 15 is 0 Å². The summed E-state index contributed by atoms with van der Waals surface area (Å²) in [6, 6.07) is 5.56. The first-order chi connectivity index (χ1) is 7.22. The summed E-state index contributed by atoms with van der Waals surface area (Å²) in [6.45, 7) is 1.90. The van der Waals surface area contributed by atoms with Crippen LogP contribution in [-0.4, -0.2) is 26.9 Å². The largest absolute Gasteiger partial charge is 0.481 e. The van der Waals surface area contributed by atoms with E-state index < -0.39 is 0 Å². The van der Waals surface area contributed by atoms with E-state index in [-0.39, 0.29) is 0 Å². The van der Waals surface area contributed by atoms with Gasteiger partial charge in [-0.05, 0) is 13.0 Å². The van der Waals surface area contributed by atoms with Crippen molar-refractivity contribution in [1.82, 2.24) is 19.7 Å². The second kappa shape index (κ2) is 3.68. The monoisotopic (exact) mass is 204 g/mol. The Bertz CT molecular complexity index is 478. The summed E-state index contributed by atoms with van der Waals surface area (Å²) in [5.41, 5.74) is 0.762. The fraction of sp³-hybridized carbons (Fsp3) is 0.300. The predicted octanol–water partition coefficient (Wildman–Crippen LogP) is 1.19. The summed E-state index contributed by atoms with van der Waals surface area (Å²) in [6.07, 6.45) is 0. The summed E-state index contributed by atoms with van der Waals surface area (Å²) in [5, 5.41) is 8.04. The molecule has 0 aliphatic carbocycles. The van der Waals surface area contributed by atoms with Gasteiger partial charge in [0.1, 0.15) is 11.5 Å². The lowest BCUT2D eigenvalue weighted by molar-refractivity contribution is 0.398. The second-order valence-electron chi connectivity index (χ2n) is 3.20. The van der Waals surface area contributed by atoms with Gasteiger partial charge in [-0.3, -0.25) is 0 Å². The van der Waals surface area contributed by atoms with E-state index in [9.17, 15) is 0 Å². The Morgan fingerprint density at radius 2 is 2.07 bits per heavy atom. The summed E-state index contributed by atoms with van der Waals surface area (Å²) in [7, 11) is 3.50. The number of hydrogen-bond donors (Lipinski definition) is 0. The van der Waals surface area contributed by atoms with Crippen LogP contribution in [0.1, 0.15) is 5.82 Å². The number of ether oxygens (including phenoxy) is 1. The summed E-state index contributed by atoms with van der Waals surface area (Å²) in [4.78, 5) is 4.29.